The Hall–Kier alpha value is -0.820. The van der Waals surface area contributed by atoms with Crippen LogP contribution in [0.25, 0.3) is 0 Å². The number of alkyl halides is 3. The zero-order valence-electron chi connectivity index (χ0n) is 8.39. The molecule has 1 amide bonds. The second kappa shape index (κ2) is 7.47. The summed E-state index contributed by atoms with van der Waals surface area (Å²) < 4.78 is 43.8. The summed E-state index contributed by atoms with van der Waals surface area (Å²) in [5, 5.41) is 2.35. The van der Waals surface area contributed by atoms with Crippen LogP contribution in [0.2, 0.25) is 0 Å². The third kappa shape index (κ3) is 11.1. The largest absolute Gasteiger partial charge is 0.411 e. The molecule has 0 aromatic rings. The van der Waals surface area contributed by atoms with Gasteiger partial charge in [0.05, 0.1) is 6.61 Å². The Bertz CT molecular complexity index is 184. The van der Waals surface area contributed by atoms with Crippen molar-refractivity contribution in [1.29, 1.82) is 0 Å². The molecule has 0 saturated carbocycles. The molecule has 0 bridgehead atoms. The van der Waals surface area contributed by atoms with Crippen LogP contribution in [0, 0.1) is 0 Å². The van der Waals surface area contributed by atoms with E-state index in [1.54, 1.807) is 6.92 Å². The SMILES string of the molecule is CCOCC(=O)NCCOCC(F)(F)F. The molecule has 0 aromatic heterocycles. The summed E-state index contributed by atoms with van der Waals surface area (Å²) >= 11 is 0. The summed E-state index contributed by atoms with van der Waals surface area (Å²) in [4.78, 5) is 10.8. The third-order valence-electron chi connectivity index (χ3n) is 1.27. The quantitative estimate of drug-likeness (QED) is 0.654. The average Bonchev–Trinajstić information content (AvgIpc) is 2.12. The van der Waals surface area contributed by atoms with Gasteiger partial charge in [0.1, 0.15) is 13.2 Å². The topological polar surface area (TPSA) is 47.6 Å². The standard InChI is InChI=1S/C8H14F3NO3/c1-2-14-5-7(13)12-3-4-15-6-8(9,10)11/h2-6H2,1H3,(H,12,13). The minimum Gasteiger partial charge on any atom is -0.372 e. The van der Waals surface area contributed by atoms with Crippen molar-refractivity contribution < 1.29 is 27.4 Å². The second-order valence-electron chi connectivity index (χ2n) is 2.65. The van der Waals surface area contributed by atoms with Gasteiger partial charge < -0.3 is 14.8 Å². The number of rotatable bonds is 7. The third-order valence-corrected chi connectivity index (χ3v) is 1.27. The predicted octanol–water partition coefficient (Wildman–Crippen LogP) is 0.718. The van der Waals surface area contributed by atoms with Gasteiger partial charge in [0.25, 0.3) is 0 Å². The molecule has 0 atom stereocenters. The van der Waals surface area contributed by atoms with Gasteiger partial charge >= 0.3 is 6.18 Å². The van der Waals surface area contributed by atoms with Crippen LogP contribution in [-0.2, 0) is 14.3 Å². The fraction of sp³-hybridized carbons (Fsp3) is 0.875. The molecule has 0 unspecified atom stereocenters. The Balaban J connectivity index is 3.27. The van der Waals surface area contributed by atoms with Gasteiger partial charge in [-0.15, -0.1) is 0 Å². The molecule has 7 heteroatoms. The number of hydrogen-bond donors (Lipinski definition) is 1. The number of nitrogens with one attached hydrogen (secondary N) is 1. The molecule has 15 heavy (non-hydrogen) atoms. The zero-order chi connectivity index (χ0) is 11.7. The number of amides is 1. The molecule has 90 valence electrons. The molecule has 0 rings (SSSR count). The van der Waals surface area contributed by atoms with Crippen LogP contribution in [-0.4, -0.2) is 45.1 Å². The van der Waals surface area contributed by atoms with E-state index in [1.165, 1.54) is 0 Å². The molecule has 1 N–H and O–H groups in total. The van der Waals surface area contributed by atoms with E-state index in [0.717, 1.165) is 0 Å². The van der Waals surface area contributed by atoms with Crippen LogP contribution < -0.4 is 5.32 Å². The lowest BCUT2D eigenvalue weighted by atomic mass is 10.6. The summed E-state index contributed by atoms with van der Waals surface area (Å²) in [5.74, 6) is -0.368. The van der Waals surface area contributed by atoms with Gasteiger partial charge in [0.2, 0.25) is 5.91 Å². The fourth-order valence-corrected chi connectivity index (χ4v) is 0.696. The van der Waals surface area contributed by atoms with Crippen LogP contribution >= 0.6 is 0 Å². The van der Waals surface area contributed by atoms with E-state index in [-0.39, 0.29) is 25.7 Å². The Morgan fingerprint density at radius 3 is 2.53 bits per heavy atom. The normalized spacial score (nSPS) is 11.5. The minimum atomic E-state index is -4.32. The monoisotopic (exact) mass is 229 g/mol. The maximum Gasteiger partial charge on any atom is 0.411 e. The van der Waals surface area contributed by atoms with Crippen LogP contribution in [0.5, 0.6) is 0 Å². The van der Waals surface area contributed by atoms with Gasteiger partial charge in [0, 0.05) is 13.2 Å². The summed E-state index contributed by atoms with van der Waals surface area (Å²) in [7, 11) is 0. The van der Waals surface area contributed by atoms with Gasteiger partial charge in [-0.1, -0.05) is 0 Å². The van der Waals surface area contributed by atoms with Crippen molar-refractivity contribution in [2.24, 2.45) is 0 Å². The summed E-state index contributed by atoms with van der Waals surface area (Å²) in [6, 6.07) is 0. The molecule has 0 aromatic carbocycles. The first-order valence-electron chi connectivity index (χ1n) is 4.44. The molecule has 0 aliphatic heterocycles. The zero-order valence-corrected chi connectivity index (χ0v) is 8.39. The van der Waals surface area contributed by atoms with E-state index in [2.05, 4.69) is 10.1 Å². The second-order valence-corrected chi connectivity index (χ2v) is 2.65. The number of hydrogen-bond acceptors (Lipinski definition) is 3. The highest BCUT2D eigenvalue weighted by molar-refractivity contribution is 5.77. The maximum atomic E-state index is 11.6. The van der Waals surface area contributed by atoms with E-state index in [1.807, 2.05) is 0 Å². The van der Waals surface area contributed by atoms with E-state index in [9.17, 15) is 18.0 Å². The van der Waals surface area contributed by atoms with Gasteiger partial charge in [-0.3, -0.25) is 4.79 Å². The predicted molar refractivity (Wildman–Crippen MR) is 46.4 cm³/mol. The highest BCUT2D eigenvalue weighted by Crippen LogP contribution is 2.13. The number of carbonyl (C=O) groups excluding carboxylic acids is 1. The van der Waals surface area contributed by atoms with E-state index < -0.39 is 12.8 Å². The number of halogens is 3. The van der Waals surface area contributed by atoms with Crippen molar-refractivity contribution in [1.82, 2.24) is 5.32 Å². The van der Waals surface area contributed by atoms with Crippen molar-refractivity contribution in [2.75, 3.05) is 33.0 Å². The lowest BCUT2D eigenvalue weighted by Crippen LogP contribution is -2.31. The smallest absolute Gasteiger partial charge is 0.372 e. The average molecular weight is 229 g/mol. The van der Waals surface area contributed by atoms with E-state index in [4.69, 9.17) is 4.74 Å². The van der Waals surface area contributed by atoms with Crippen molar-refractivity contribution in [3.05, 3.63) is 0 Å². The van der Waals surface area contributed by atoms with Gasteiger partial charge in [-0.2, -0.15) is 13.2 Å². The molecular weight excluding hydrogens is 215 g/mol. The van der Waals surface area contributed by atoms with Crippen LogP contribution in [0.4, 0.5) is 13.2 Å². The van der Waals surface area contributed by atoms with Crippen molar-refractivity contribution >= 4 is 5.91 Å². The van der Waals surface area contributed by atoms with E-state index in [0.29, 0.717) is 6.61 Å². The van der Waals surface area contributed by atoms with Crippen molar-refractivity contribution in [2.45, 2.75) is 13.1 Å². The molecular formula is C8H14F3NO3. The Morgan fingerprint density at radius 2 is 2.00 bits per heavy atom. The highest BCUT2D eigenvalue weighted by Gasteiger charge is 2.27. The van der Waals surface area contributed by atoms with Gasteiger partial charge in [-0.25, -0.2) is 0 Å². The molecule has 0 aliphatic rings. The first-order chi connectivity index (χ1) is 6.95. The highest BCUT2D eigenvalue weighted by atomic mass is 19.4. The molecule has 0 fully saturated rings. The minimum absolute atomic E-state index is 0.0436. The molecule has 4 nitrogen and oxygen atoms in total. The fourth-order valence-electron chi connectivity index (χ4n) is 0.696. The molecule has 0 radical (unpaired) electrons. The Labute approximate surface area is 85.7 Å². The number of carbonyl (C=O) groups is 1. The van der Waals surface area contributed by atoms with Gasteiger partial charge in [0.15, 0.2) is 0 Å². The van der Waals surface area contributed by atoms with Crippen molar-refractivity contribution in [3.8, 4) is 0 Å². The summed E-state index contributed by atoms with van der Waals surface area (Å²) in [6.07, 6.45) is -4.32. The Kier molecular flexibility index (Phi) is 7.06. The summed E-state index contributed by atoms with van der Waals surface area (Å²) in [5.41, 5.74) is 0. The number of ether oxygens (including phenoxy) is 2. The molecule has 0 heterocycles. The van der Waals surface area contributed by atoms with Gasteiger partial charge in [-0.05, 0) is 6.92 Å². The molecule has 0 aliphatic carbocycles. The van der Waals surface area contributed by atoms with Crippen LogP contribution in [0.1, 0.15) is 6.92 Å². The Morgan fingerprint density at radius 1 is 1.33 bits per heavy atom. The molecule has 0 spiro atoms. The lowest BCUT2D eigenvalue weighted by molar-refractivity contribution is -0.173. The first-order valence-corrected chi connectivity index (χ1v) is 4.44. The molecule has 0 saturated heterocycles. The van der Waals surface area contributed by atoms with Crippen molar-refractivity contribution in [3.63, 3.8) is 0 Å². The van der Waals surface area contributed by atoms with E-state index >= 15 is 0 Å². The van der Waals surface area contributed by atoms with Crippen LogP contribution in [0.3, 0.4) is 0 Å². The maximum absolute atomic E-state index is 11.6. The first kappa shape index (κ1) is 14.2. The lowest BCUT2D eigenvalue weighted by Gasteiger charge is -2.08. The van der Waals surface area contributed by atoms with Crippen LogP contribution in [0.15, 0.2) is 0 Å². The summed E-state index contributed by atoms with van der Waals surface area (Å²) in [6.45, 7) is 0.640.